The van der Waals surface area contributed by atoms with Crippen molar-refractivity contribution in [3.63, 3.8) is 0 Å². The summed E-state index contributed by atoms with van der Waals surface area (Å²) in [6.07, 6.45) is 0. The third-order valence-corrected chi connectivity index (χ3v) is 4.76. The molecule has 1 aromatic heterocycles. The minimum atomic E-state index is 0.372. The third kappa shape index (κ3) is 4.08. The maximum atomic E-state index is 6.02. The second-order valence-corrected chi connectivity index (χ2v) is 7.21. The molecule has 1 aliphatic heterocycles. The number of hydrogen-bond donors (Lipinski definition) is 2. The Kier molecular flexibility index (Phi) is 5.31. The molecule has 1 fully saturated rings. The molecule has 0 radical (unpaired) electrons. The zero-order chi connectivity index (χ0) is 18.8. The van der Waals surface area contributed by atoms with Crippen LogP contribution in [0.15, 0.2) is 35.0 Å². The molecule has 0 atom stereocenters. The fourth-order valence-electron chi connectivity index (χ4n) is 2.92. The van der Waals surface area contributed by atoms with Gasteiger partial charge in [0.05, 0.1) is 24.6 Å². The second-order valence-electron chi connectivity index (χ2n) is 5.93. The minimum absolute atomic E-state index is 0.372. The van der Waals surface area contributed by atoms with Gasteiger partial charge in [0.2, 0.25) is 0 Å². The summed E-state index contributed by atoms with van der Waals surface area (Å²) < 4.78 is 10.4. The number of fused-ring (bicyclic) bond motifs is 1. The van der Waals surface area contributed by atoms with Gasteiger partial charge in [-0.1, -0.05) is 23.2 Å². The number of hydrogen-bond acceptors (Lipinski definition) is 6. The van der Waals surface area contributed by atoms with Gasteiger partial charge in [0, 0.05) is 28.8 Å². The highest BCUT2D eigenvalue weighted by Crippen LogP contribution is 2.30. The Morgan fingerprint density at radius 2 is 1.70 bits per heavy atom. The molecule has 0 unspecified atom stereocenters. The van der Waals surface area contributed by atoms with E-state index >= 15 is 0 Å². The molecule has 0 spiro atoms. The fraction of sp³-hybridized carbons (Fsp3) is 0.235. The standard InChI is InChI=1S/C17H15Cl2N5O2S/c18-10-7-11(19)9-12(8-10)20-17(27)21-13-1-2-14(16-15(13)22-26-23-16)24-3-5-25-6-4-24/h1-2,7-9H,3-6H2,(H2,20,21,27). The fourth-order valence-corrected chi connectivity index (χ4v) is 3.68. The number of rotatable bonds is 3. The van der Waals surface area contributed by atoms with Gasteiger partial charge in [-0.05, 0) is 52.9 Å². The average molecular weight is 424 g/mol. The van der Waals surface area contributed by atoms with Crippen LogP contribution in [0.4, 0.5) is 17.1 Å². The maximum absolute atomic E-state index is 6.02. The number of nitrogens with zero attached hydrogens (tertiary/aromatic N) is 3. The van der Waals surface area contributed by atoms with Gasteiger partial charge in [-0.25, -0.2) is 4.63 Å². The molecule has 2 heterocycles. The van der Waals surface area contributed by atoms with Crippen molar-refractivity contribution >= 4 is 68.6 Å². The van der Waals surface area contributed by atoms with Crippen LogP contribution in [0.3, 0.4) is 0 Å². The van der Waals surface area contributed by atoms with E-state index in [4.69, 9.17) is 44.8 Å². The van der Waals surface area contributed by atoms with Crippen molar-refractivity contribution in [2.45, 2.75) is 0 Å². The van der Waals surface area contributed by atoms with Crippen molar-refractivity contribution < 1.29 is 9.37 Å². The first-order valence-corrected chi connectivity index (χ1v) is 9.38. The van der Waals surface area contributed by atoms with Crippen LogP contribution in [0.25, 0.3) is 11.0 Å². The number of thiocarbonyl (C=S) groups is 1. The summed E-state index contributed by atoms with van der Waals surface area (Å²) in [4.78, 5) is 2.20. The van der Waals surface area contributed by atoms with Gasteiger partial charge in [-0.3, -0.25) is 0 Å². The van der Waals surface area contributed by atoms with Crippen molar-refractivity contribution in [2.75, 3.05) is 41.8 Å². The lowest BCUT2D eigenvalue weighted by Crippen LogP contribution is -2.36. The lowest BCUT2D eigenvalue weighted by molar-refractivity contribution is 0.123. The Morgan fingerprint density at radius 3 is 2.44 bits per heavy atom. The highest BCUT2D eigenvalue weighted by atomic mass is 35.5. The molecule has 2 N–H and O–H groups in total. The molecule has 0 saturated carbocycles. The lowest BCUT2D eigenvalue weighted by atomic mass is 10.2. The maximum Gasteiger partial charge on any atom is 0.175 e. The third-order valence-electron chi connectivity index (χ3n) is 4.11. The number of morpholine rings is 1. The lowest BCUT2D eigenvalue weighted by Gasteiger charge is -2.28. The molecule has 1 aliphatic rings. The van der Waals surface area contributed by atoms with Crippen LogP contribution >= 0.6 is 35.4 Å². The number of halogens is 2. The molecule has 27 heavy (non-hydrogen) atoms. The van der Waals surface area contributed by atoms with Crippen LogP contribution < -0.4 is 15.5 Å². The number of aromatic nitrogens is 2. The molecule has 1 saturated heterocycles. The average Bonchev–Trinajstić information content (AvgIpc) is 3.12. The SMILES string of the molecule is S=C(Nc1cc(Cl)cc(Cl)c1)Nc1ccc(N2CCOCC2)c2nonc12. The van der Waals surface area contributed by atoms with Crippen molar-refractivity contribution in [2.24, 2.45) is 0 Å². The predicted molar refractivity (Wildman–Crippen MR) is 111 cm³/mol. The van der Waals surface area contributed by atoms with Crippen LogP contribution in [-0.2, 0) is 4.74 Å². The number of ether oxygens (including phenoxy) is 1. The van der Waals surface area contributed by atoms with Gasteiger partial charge in [0.25, 0.3) is 0 Å². The van der Waals surface area contributed by atoms with Gasteiger partial charge in [-0.15, -0.1) is 0 Å². The predicted octanol–water partition coefficient (Wildman–Crippen LogP) is 4.18. The van der Waals surface area contributed by atoms with E-state index in [0.717, 1.165) is 18.8 Å². The van der Waals surface area contributed by atoms with Crippen LogP contribution in [0, 0.1) is 0 Å². The van der Waals surface area contributed by atoms with Crippen LogP contribution in [-0.4, -0.2) is 41.7 Å². The van der Waals surface area contributed by atoms with E-state index in [1.165, 1.54) is 0 Å². The summed E-state index contributed by atoms with van der Waals surface area (Å²) in [5.74, 6) is 0. The molecule has 0 bridgehead atoms. The van der Waals surface area contributed by atoms with Gasteiger partial charge in [0.15, 0.2) is 16.1 Å². The van der Waals surface area contributed by atoms with E-state index in [9.17, 15) is 0 Å². The van der Waals surface area contributed by atoms with E-state index < -0.39 is 0 Å². The van der Waals surface area contributed by atoms with E-state index in [2.05, 4.69) is 25.8 Å². The van der Waals surface area contributed by atoms with Crippen molar-refractivity contribution in [3.8, 4) is 0 Å². The summed E-state index contributed by atoms with van der Waals surface area (Å²) in [5, 5.41) is 15.7. The summed E-state index contributed by atoms with van der Waals surface area (Å²) in [6, 6.07) is 8.99. The van der Waals surface area contributed by atoms with Crippen molar-refractivity contribution in [1.29, 1.82) is 0 Å². The first-order valence-electron chi connectivity index (χ1n) is 8.22. The van der Waals surface area contributed by atoms with Crippen LogP contribution in [0.5, 0.6) is 0 Å². The van der Waals surface area contributed by atoms with Gasteiger partial charge < -0.3 is 20.3 Å². The van der Waals surface area contributed by atoms with Crippen LogP contribution in [0.2, 0.25) is 10.0 Å². The number of anilines is 3. The summed E-state index contributed by atoms with van der Waals surface area (Å²) in [5.41, 5.74) is 3.61. The molecule has 3 aromatic rings. The van der Waals surface area contributed by atoms with Gasteiger partial charge >= 0.3 is 0 Å². The second kappa shape index (κ2) is 7.85. The topological polar surface area (TPSA) is 75.5 Å². The van der Waals surface area contributed by atoms with Gasteiger partial charge in [-0.2, -0.15) is 0 Å². The Bertz CT molecular complexity index is 970. The first kappa shape index (κ1) is 18.2. The molecule has 0 aliphatic carbocycles. The summed E-state index contributed by atoms with van der Waals surface area (Å²) in [7, 11) is 0. The molecule has 0 amide bonds. The largest absolute Gasteiger partial charge is 0.378 e. The number of nitrogens with one attached hydrogen (secondary N) is 2. The first-order chi connectivity index (χ1) is 13.1. The van der Waals surface area contributed by atoms with E-state index in [0.29, 0.717) is 50.8 Å². The van der Waals surface area contributed by atoms with Crippen LogP contribution in [0.1, 0.15) is 0 Å². The summed E-state index contributed by atoms with van der Waals surface area (Å²) >= 11 is 17.4. The normalized spacial score (nSPS) is 14.4. The molecule has 140 valence electrons. The Balaban J connectivity index is 1.55. The number of benzene rings is 2. The Hall–Kier alpha value is -2.13. The van der Waals surface area contributed by atoms with E-state index in [1.54, 1.807) is 18.2 Å². The summed E-state index contributed by atoms with van der Waals surface area (Å²) in [6.45, 7) is 2.96. The smallest absolute Gasteiger partial charge is 0.175 e. The molecular formula is C17H15Cl2N5O2S. The minimum Gasteiger partial charge on any atom is -0.378 e. The van der Waals surface area contributed by atoms with Crippen molar-refractivity contribution in [1.82, 2.24) is 10.3 Å². The molecule has 7 nitrogen and oxygen atoms in total. The quantitative estimate of drug-likeness (QED) is 0.607. The Morgan fingerprint density at radius 1 is 1.00 bits per heavy atom. The van der Waals surface area contributed by atoms with E-state index in [1.807, 2.05) is 12.1 Å². The zero-order valence-electron chi connectivity index (χ0n) is 14.0. The van der Waals surface area contributed by atoms with E-state index in [-0.39, 0.29) is 0 Å². The van der Waals surface area contributed by atoms with Gasteiger partial charge in [0.1, 0.15) is 0 Å². The molecular weight excluding hydrogens is 409 g/mol. The monoisotopic (exact) mass is 423 g/mol. The highest BCUT2D eigenvalue weighted by molar-refractivity contribution is 7.80. The highest BCUT2D eigenvalue weighted by Gasteiger charge is 2.19. The molecule has 4 rings (SSSR count). The zero-order valence-corrected chi connectivity index (χ0v) is 16.4. The molecule has 10 heteroatoms. The Labute approximate surface area is 170 Å². The molecule has 2 aromatic carbocycles. The van der Waals surface area contributed by atoms with Crippen molar-refractivity contribution in [3.05, 3.63) is 40.4 Å².